The Kier molecular flexibility index (Phi) is 9.86. The van der Waals surface area contributed by atoms with Crippen LogP contribution in [0.5, 0.6) is 0 Å². The monoisotopic (exact) mass is 594 g/mol. The van der Waals surface area contributed by atoms with Gasteiger partial charge >= 0.3 is 6.18 Å². The first kappa shape index (κ1) is 31.5. The van der Waals surface area contributed by atoms with Gasteiger partial charge in [0.2, 0.25) is 0 Å². The maximum Gasteiger partial charge on any atom is 0.391 e. The molecule has 0 saturated heterocycles. The van der Waals surface area contributed by atoms with Crippen molar-refractivity contribution in [2.75, 3.05) is 18.9 Å². The van der Waals surface area contributed by atoms with Crippen LogP contribution in [0.1, 0.15) is 92.0 Å². The number of nitrogens with zero attached hydrogens (tertiary/aromatic N) is 1. The van der Waals surface area contributed by atoms with Crippen molar-refractivity contribution in [3.8, 4) is 0 Å². The van der Waals surface area contributed by atoms with Crippen LogP contribution in [0.4, 0.5) is 13.2 Å². The van der Waals surface area contributed by atoms with Crippen molar-refractivity contribution in [1.82, 2.24) is 10.2 Å². The second-order valence-electron chi connectivity index (χ2n) is 11.8. The van der Waals surface area contributed by atoms with E-state index in [1.165, 1.54) is 12.1 Å². The van der Waals surface area contributed by atoms with Crippen molar-refractivity contribution < 1.29 is 31.5 Å². The number of hydrogen-bond acceptors (Lipinski definition) is 5. The van der Waals surface area contributed by atoms with E-state index in [9.17, 15) is 31.5 Å². The van der Waals surface area contributed by atoms with Gasteiger partial charge in [-0.15, -0.1) is 0 Å². The van der Waals surface area contributed by atoms with E-state index in [0.29, 0.717) is 36.4 Å². The molecular formula is C31H41F3N2O4S. The van der Waals surface area contributed by atoms with Gasteiger partial charge in [-0.2, -0.15) is 13.2 Å². The molecule has 0 aromatic heterocycles. The smallest absolute Gasteiger partial charge is 0.391 e. The van der Waals surface area contributed by atoms with Crippen LogP contribution < -0.4 is 5.32 Å². The number of hydrogen-bond donors (Lipinski definition) is 2. The van der Waals surface area contributed by atoms with Crippen molar-refractivity contribution in [2.45, 2.75) is 82.6 Å². The van der Waals surface area contributed by atoms with Crippen LogP contribution >= 0.6 is 0 Å². The highest BCUT2D eigenvalue weighted by Crippen LogP contribution is 2.43. The number of fused-ring (bicyclic) bond motifs is 1. The molecule has 1 heterocycles. The molecule has 2 aliphatic rings. The number of nitrogens with one attached hydrogen (secondary N) is 1. The van der Waals surface area contributed by atoms with Crippen LogP contribution in [0, 0.1) is 17.8 Å². The minimum Gasteiger partial charge on any atom is -0.396 e. The molecule has 1 aliphatic carbocycles. The number of benzene rings is 2. The maximum absolute atomic E-state index is 13.3. The standard InChI is InChI=1S/C31H41F3N2O4S/c1-4-41(39,40)26-12-7-22(8-13-26)28(15-16-37)35-30(38)23-9-14-27-24(17-23)19-36(29(27)20(2)3)18-21-5-10-25(11-6-21)31(32,33)34/h7-9,12-14,17,20-21,25,28-29,37H,4-6,10-11,15-16,18-19H2,1-3H3,(H,35,38)/t21?,25?,28-,29?/m0/s1. The molecule has 1 aliphatic heterocycles. The summed E-state index contributed by atoms with van der Waals surface area (Å²) in [5.74, 6) is -0.953. The van der Waals surface area contributed by atoms with Crippen molar-refractivity contribution in [1.29, 1.82) is 0 Å². The number of amides is 1. The van der Waals surface area contributed by atoms with Gasteiger partial charge in [0, 0.05) is 31.3 Å². The van der Waals surface area contributed by atoms with E-state index in [-0.39, 0.29) is 54.4 Å². The maximum atomic E-state index is 13.3. The van der Waals surface area contributed by atoms with Crippen LogP contribution in [-0.2, 0) is 16.4 Å². The molecule has 0 radical (unpaired) electrons. The SMILES string of the molecule is CCS(=O)(=O)c1ccc([C@H](CCO)NC(=O)c2ccc3c(c2)CN(CC2CCC(C(F)(F)F)CC2)C3C(C)C)cc1. The van der Waals surface area contributed by atoms with Gasteiger partial charge in [-0.25, -0.2) is 8.42 Å². The molecule has 1 amide bonds. The highest BCUT2D eigenvalue weighted by Gasteiger charge is 2.42. The van der Waals surface area contributed by atoms with E-state index in [1.807, 2.05) is 12.1 Å². The predicted molar refractivity (Wildman–Crippen MR) is 152 cm³/mol. The molecule has 2 N–H and O–H groups in total. The summed E-state index contributed by atoms with van der Waals surface area (Å²) in [5, 5.41) is 12.6. The highest BCUT2D eigenvalue weighted by atomic mass is 32.2. The summed E-state index contributed by atoms with van der Waals surface area (Å²) < 4.78 is 63.7. The minimum atomic E-state index is -4.11. The lowest BCUT2D eigenvalue weighted by atomic mass is 9.81. The number of carbonyl (C=O) groups is 1. The third-order valence-corrected chi connectivity index (χ3v) is 10.4. The second-order valence-corrected chi connectivity index (χ2v) is 14.1. The Labute approximate surface area is 241 Å². The largest absolute Gasteiger partial charge is 0.396 e. The lowest BCUT2D eigenvalue weighted by Crippen LogP contribution is -2.34. The normalized spacial score (nSPS) is 22.5. The zero-order valence-electron chi connectivity index (χ0n) is 24.0. The molecule has 4 rings (SSSR count). The summed E-state index contributed by atoms with van der Waals surface area (Å²) in [6.07, 6.45) is -2.30. The topological polar surface area (TPSA) is 86.7 Å². The number of sulfone groups is 1. The number of aliphatic hydroxyl groups is 1. The van der Waals surface area contributed by atoms with Gasteiger partial charge in [-0.3, -0.25) is 9.69 Å². The molecule has 1 fully saturated rings. The van der Waals surface area contributed by atoms with Crippen LogP contribution in [0.2, 0.25) is 0 Å². The summed E-state index contributed by atoms with van der Waals surface area (Å²) in [6.45, 7) is 7.10. The van der Waals surface area contributed by atoms with E-state index < -0.39 is 28.0 Å². The molecule has 1 unspecified atom stereocenters. The Morgan fingerprint density at radius 2 is 1.73 bits per heavy atom. The molecule has 0 bridgehead atoms. The molecule has 10 heteroatoms. The molecule has 2 atom stereocenters. The fraction of sp³-hybridized carbons (Fsp3) is 0.581. The number of rotatable bonds is 10. The summed E-state index contributed by atoms with van der Waals surface area (Å²) in [5.41, 5.74) is 3.40. The van der Waals surface area contributed by atoms with Crippen LogP contribution in [-0.4, -0.2) is 49.4 Å². The Hall–Kier alpha value is -2.43. The van der Waals surface area contributed by atoms with Crippen molar-refractivity contribution >= 4 is 15.7 Å². The number of carbonyl (C=O) groups excluding carboxylic acids is 1. The number of aliphatic hydroxyl groups excluding tert-OH is 1. The van der Waals surface area contributed by atoms with E-state index in [1.54, 1.807) is 25.1 Å². The van der Waals surface area contributed by atoms with E-state index in [2.05, 4.69) is 24.1 Å². The van der Waals surface area contributed by atoms with Crippen LogP contribution in [0.3, 0.4) is 0 Å². The Morgan fingerprint density at radius 3 is 2.29 bits per heavy atom. The predicted octanol–water partition coefficient (Wildman–Crippen LogP) is 6.22. The van der Waals surface area contributed by atoms with Gasteiger partial charge in [0.25, 0.3) is 5.91 Å². The average molecular weight is 595 g/mol. The lowest BCUT2D eigenvalue weighted by Gasteiger charge is -2.35. The first-order valence-corrected chi connectivity index (χ1v) is 16.2. The van der Waals surface area contributed by atoms with Crippen molar-refractivity contribution in [3.63, 3.8) is 0 Å². The zero-order chi connectivity index (χ0) is 29.9. The third kappa shape index (κ3) is 7.32. The molecule has 1 saturated carbocycles. The summed E-state index contributed by atoms with van der Waals surface area (Å²) in [4.78, 5) is 15.9. The second kappa shape index (κ2) is 12.8. The summed E-state index contributed by atoms with van der Waals surface area (Å²) >= 11 is 0. The summed E-state index contributed by atoms with van der Waals surface area (Å²) in [7, 11) is -3.34. The van der Waals surface area contributed by atoms with Gasteiger partial charge in [0.05, 0.1) is 22.6 Å². The zero-order valence-corrected chi connectivity index (χ0v) is 24.8. The molecule has 6 nitrogen and oxygen atoms in total. The van der Waals surface area contributed by atoms with Crippen LogP contribution in [0.25, 0.3) is 0 Å². The first-order valence-electron chi connectivity index (χ1n) is 14.5. The van der Waals surface area contributed by atoms with E-state index in [0.717, 1.165) is 17.7 Å². The van der Waals surface area contributed by atoms with Gasteiger partial charge in [0.15, 0.2) is 9.84 Å². The summed E-state index contributed by atoms with van der Waals surface area (Å²) in [6, 6.07) is 11.7. The van der Waals surface area contributed by atoms with Gasteiger partial charge < -0.3 is 10.4 Å². The van der Waals surface area contributed by atoms with E-state index >= 15 is 0 Å². The molecule has 41 heavy (non-hydrogen) atoms. The number of halogens is 3. The molecule has 2 aromatic rings. The average Bonchev–Trinajstić information content (AvgIpc) is 3.30. The fourth-order valence-corrected chi connectivity index (χ4v) is 7.30. The minimum absolute atomic E-state index is 0.00421. The third-order valence-electron chi connectivity index (χ3n) is 8.67. The number of alkyl halides is 3. The van der Waals surface area contributed by atoms with E-state index in [4.69, 9.17) is 0 Å². The van der Waals surface area contributed by atoms with Crippen LogP contribution in [0.15, 0.2) is 47.4 Å². The van der Waals surface area contributed by atoms with Crippen molar-refractivity contribution in [3.05, 3.63) is 64.7 Å². The van der Waals surface area contributed by atoms with Gasteiger partial charge in [-0.1, -0.05) is 39.0 Å². The lowest BCUT2D eigenvalue weighted by molar-refractivity contribution is -0.184. The molecular weight excluding hydrogens is 553 g/mol. The fourth-order valence-electron chi connectivity index (χ4n) is 6.42. The highest BCUT2D eigenvalue weighted by molar-refractivity contribution is 7.91. The first-order chi connectivity index (χ1) is 19.3. The molecule has 0 spiro atoms. The Balaban J connectivity index is 1.46. The van der Waals surface area contributed by atoms with Gasteiger partial charge in [-0.05, 0) is 84.9 Å². The Morgan fingerprint density at radius 1 is 1.07 bits per heavy atom. The quantitative estimate of drug-likeness (QED) is 0.341. The van der Waals surface area contributed by atoms with Crippen molar-refractivity contribution in [2.24, 2.45) is 17.8 Å². The Bertz CT molecular complexity index is 1300. The van der Waals surface area contributed by atoms with Gasteiger partial charge in [0.1, 0.15) is 0 Å². The molecule has 226 valence electrons. The molecule has 2 aromatic carbocycles.